The standard InChI is InChI=1S/C17H9N7O2/c25-15-11-3-1-2-4-12(11)16(26)14-13(15)18-23-24(14)10-7-5-9(6-8-10)17-19-21-22-20-17/h1-8H,(H,19,20,21,22). The van der Waals surface area contributed by atoms with Crippen molar-refractivity contribution in [3.8, 4) is 17.1 Å². The van der Waals surface area contributed by atoms with E-state index in [0.717, 1.165) is 5.56 Å². The van der Waals surface area contributed by atoms with Crippen molar-refractivity contribution in [3.05, 3.63) is 71.0 Å². The van der Waals surface area contributed by atoms with E-state index in [9.17, 15) is 9.59 Å². The molecule has 26 heavy (non-hydrogen) atoms. The van der Waals surface area contributed by atoms with E-state index in [0.29, 0.717) is 22.6 Å². The van der Waals surface area contributed by atoms with E-state index in [1.807, 2.05) is 0 Å². The van der Waals surface area contributed by atoms with E-state index in [-0.39, 0.29) is 23.0 Å². The number of aromatic nitrogens is 7. The number of tetrazole rings is 1. The average molecular weight is 343 g/mol. The molecule has 0 unspecified atom stereocenters. The molecular formula is C17H9N7O2. The maximum Gasteiger partial charge on any atom is 0.216 e. The van der Waals surface area contributed by atoms with Gasteiger partial charge in [-0.1, -0.05) is 29.5 Å². The van der Waals surface area contributed by atoms with E-state index < -0.39 is 0 Å². The zero-order chi connectivity index (χ0) is 17.7. The lowest BCUT2D eigenvalue weighted by Crippen LogP contribution is -2.22. The van der Waals surface area contributed by atoms with Gasteiger partial charge in [0, 0.05) is 16.7 Å². The van der Waals surface area contributed by atoms with Crippen LogP contribution in [0.25, 0.3) is 17.1 Å². The lowest BCUT2D eigenvalue weighted by molar-refractivity contribution is 0.0972. The molecule has 9 nitrogen and oxygen atoms in total. The van der Waals surface area contributed by atoms with Crippen molar-refractivity contribution in [1.29, 1.82) is 0 Å². The fraction of sp³-hybridized carbons (Fsp3) is 0. The van der Waals surface area contributed by atoms with Crippen LogP contribution in [0.3, 0.4) is 0 Å². The van der Waals surface area contributed by atoms with Crippen molar-refractivity contribution in [3.63, 3.8) is 0 Å². The third-order valence-corrected chi connectivity index (χ3v) is 4.23. The van der Waals surface area contributed by atoms with Gasteiger partial charge in [0.05, 0.1) is 5.69 Å². The molecule has 0 saturated carbocycles. The number of hydrogen-bond donors (Lipinski definition) is 1. The number of benzene rings is 2. The first-order chi connectivity index (χ1) is 12.7. The summed E-state index contributed by atoms with van der Waals surface area (Å²) in [4.78, 5) is 25.5. The second kappa shape index (κ2) is 5.24. The van der Waals surface area contributed by atoms with Crippen molar-refractivity contribution in [1.82, 2.24) is 35.6 Å². The Bertz CT molecular complexity index is 1160. The lowest BCUT2D eigenvalue weighted by Gasteiger charge is -2.14. The fourth-order valence-electron chi connectivity index (χ4n) is 2.99. The van der Waals surface area contributed by atoms with Crippen LogP contribution in [0.15, 0.2) is 48.5 Å². The van der Waals surface area contributed by atoms with Gasteiger partial charge in [0.1, 0.15) is 5.69 Å². The summed E-state index contributed by atoms with van der Waals surface area (Å²) in [6.45, 7) is 0. The van der Waals surface area contributed by atoms with E-state index in [2.05, 4.69) is 30.9 Å². The van der Waals surface area contributed by atoms with Gasteiger partial charge >= 0.3 is 0 Å². The number of rotatable bonds is 2. The minimum atomic E-state index is -0.301. The molecule has 0 atom stereocenters. The van der Waals surface area contributed by atoms with Gasteiger partial charge in [-0.3, -0.25) is 9.59 Å². The first-order valence-electron chi connectivity index (χ1n) is 7.72. The normalized spacial score (nSPS) is 12.8. The molecule has 4 aromatic rings. The number of nitrogens with zero attached hydrogens (tertiary/aromatic N) is 6. The second-order valence-corrected chi connectivity index (χ2v) is 5.68. The first kappa shape index (κ1) is 14.3. The number of hydrogen-bond acceptors (Lipinski definition) is 7. The molecule has 0 saturated heterocycles. The van der Waals surface area contributed by atoms with Gasteiger partial charge in [-0.2, -0.15) is 5.21 Å². The number of H-pyrrole nitrogens is 1. The van der Waals surface area contributed by atoms with Crippen molar-refractivity contribution in [2.45, 2.75) is 0 Å². The molecule has 2 aromatic carbocycles. The van der Waals surface area contributed by atoms with E-state index >= 15 is 0 Å². The molecule has 0 bridgehead atoms. The Morgan fingerprint density at radius 1 is 0.846 bits per heavy atom. The molecule has 5 rings (SSSR count). The topological polar surface area (TPSA) is 119 Å². The predicted molar refractivity (Wildman–Crippen MR) is 87.8 cm³/mol. The molecule has 0 radical (unpaired) electrons. The minimum Gasteiger partial charge on any atom is -0.287 e. The maximum absolute atomic E-state index is 12.9. The predicted octanol–water partition coefficient (Wildman–Crippen LogP) is 1.22. The summed E-state index contributed by atoms with van der Waals surface area (Å²) in [5.41, 5.74) is 2.30. The van der Waals surface area contributed by atoms with Gasteiger partial charge in [-0.25, -0.2) is 4.68 Å². The van der Waals surface area contributed by atoms with E-state index in [4.69, 9.17) is 0 Å². The Balaban J connectivity index is 1.62. The van der Waals surface area contributed by atoms with Gasteiger partial charge in [-0.05, 0) is 29.5 Å². The summed E-state index contributed by atoms with van der Waals surface area (Å²) < 4.78 is 1.38. The third-order valence-electron chi connectivity index (χ3n) is 4.23. The van der Waals surface area contributed by atoms with Crippen LogP contribution in [-0.4, -0.2) is 47.2 Å². The largest absolute Gasteiger partial charge is 0.287 e. The fourth-order valence-corrected chi connectivity index (χ4v) is 2.99. The monoisotopic (exact) mass is 343 g/mol. The highest BCUT2D eigenvalue weighted by atomic mass is 16.1. The molecule has 0 amide bonds. The highest BCUT2D eigenvalue weighted by molar-refractivity contribution is 6.27. The van der Waals surface area contributed by atoms with E-state index in [1.165, 1.54) is 4.68 Å². The van der Waals surface area contributed by atoms with Crippen LogP contribution < -0.4 is 0 Å². The highest BCUT2D eigenvalue weighted by Crippen LogP contribution is 2.27. The molecule has 2 aromatic heterocycles. The van der Waals surface area contributed by atoms with Crippen LogP contribution in [0, 0.1) is 0 Å². The second-order valence-electron chi connectivity index (χ2n) is 5.68. The molecule has 1 aliphatic carbocycles. The molecule has 0 spiro atoms. The van der Waals surface area contributed by atoms with Crippen LogP contribution >= 0.6 is 0 Å². The Morgan fingerprint density at radius 3 is 2.27 bits per heavy atom. The molecule has 0 aliphatic heterocycles. The molecule has 1 aliphatic rings. The number of fused-ring (bicyclic) bond motifs is 2. The van der Waals surface area contributed by atoms with Crippen LogP contribution in [0.4, 0.5) is 0 Å². The zero-order valence-electron chi connectivity index (χ0n) is 13.1. The van der Waals surface area contributed by atoms with Gasteiger partial charge in [0.25, 0.3) is 0 Å². The quantitative estimate of drug-likeness (QED) is 0.512. The van der Waals surface area contributed by atoms with Crippen LogP contribution in [0.5, 0.6) is 0 Å². The van der Waals surface area contributed by atoms with Crippen LogP contribution in [-0.2, 0) is 0 Å². The van der Waals surface area contributed by atoms with Crippen LogP contribution in [0.2, 0.25) is 0 Å². The Morgan fingerprint density at radius 2 is 1.58 bits per heavy atom. The Kier molecular flexibility index (Phi) is 2.89. The summed E-state index contributed by atoms with van der Waals surface area (Å²) in [6, 6.07) is 13.7. The zero-order valence-corrected chi connectivity index (χ0v) is 13.1. The number of aromatic amines is 1. The smallest absolute Gasteiger partial charge is 0.216 e. The number of carbonyl (C=O) groups is 2. The third kappa shape index (κ3) is 1.94. The van der Waals surface area contributed by atoms with Crippen LogP contribution in [0.1, 0.15) is 32.1 Å². The van der Waals surface area contributed by atoms with E-state index in [1.54, 1.807) is 48.5 Å². The van der Waals surface area contributed by atoms with Crippen molar-refractivity contribution in [2.24, 2.45) is 0 Å². The maximum atomic E-state index is 12.9. The SMILES string of the molecule is O=C1c2ccccc2C(=O)c2c1nnn2-c1ccc(-c2nn[nH]n2)cc1. The van der Waals surface area contributed by atoms with Crippen molar-refractivity contribution >= 4 is 11.6 Å². The number of ketones is 2. The lowest BCUT2D eigenvalue weighted by atomic mass is 9.90. The number of nitrogens with one attached hydrogen (secondary N) is 1. The van der Waals surface area contributed by atoms with Crippen molar-refractivity contribution in [2.75, 3.05) is 0 Å². The van der Waals surface area contributed by atoms with Crippen molar-refractivity contribution < 1.29 is 9.59 Å². The molecule has 0 fully saturated rings. The summed E-state index contributed by atoms with van der Waals surface area (Å²) in [5, 5.41) is 21.7. The minimum absolute atomic E-state index is 0.0657. The highest BCUT2D eigenvalue weighted by Gasteiger charge is 2.35. The average Bonchev–Trinajstić information content (AvgIpc) is 3.36. The Labute approximate surface area is 145 Å². The molecular weight excluding hydrogens is 334 g/mol. The Hall–Kier alpha value is -4.01. The van der Waals surface area contributed by atoms with Gasteiger partial charge in [0.15, 0.2) is 5.69 Å². The van der Waals surface area contributed by atoms with Gasteiger partial charge < -0.3 is 0 Å². The molecule has 1 N–H and O–H groups in total. The molecule has 124 valence electrons. The summed E-state index contributed by atoms with van der Waals surface area (Å²) in [7, 11) is 0. The number of carbonyl (C=O) groups excluding carboxylic acids is 2. The summed E-state index contributed by atoms with van der Waals surface area (Å²) in [5.74, 6) is -0.121. The van der Waals surface area contributed by atoms with Gasteiger partial charge in [-0.15, -0.1) is 15.3 Å². The van der Waals surface area contributed by atoms with Gasteiger partial charge in [0.2, 0.25) is 17.4 Å². The summed E-state index contributed by atoms with van der Waals surface area (Å²) in [6.07, 6.45) is 0. The molecule has 9 heteroatoms. The molecule has 2 heterocycles. The first-order valence-corrected chi connectivity index (χ1v) is 7.72. The summed E-state index contributed by atoms with van der Waals surface area (Å²) >= 11 is 0.